The van der Waals surface area contributed by atoms with Gasteiger partial charge in [0.15, 0.2) is 6.61 Å². The summed E-state index contributed by atoms with van der Waals surface area (Å²) < 4.78 is 6.66. The lowest BCUT2D eigenvalue weighted by Gasteiger charge is -2.15. The minimum atomic E-state index is -0.289. The molecule has 27 heavy (non-hydrogen) atoms. The van der Waals surface area contributed by atoms with Crippen LogP contribution in [0.4, 0.5) is 0 Å². The SMILES string of the molecule is Cc1cc(Br)cc(C)c1OCC(=O)N/N=C/C1CNNC1c1ccccc1. The van der Waals surface area contributed by atoms with Crippen LogP contribution in [0.5, 0.6) is 5.75 Å². The van der Waals surface area contributed by atoms with Crippen molar-refractivity contribution < 1.29 is 9.53 Å². The number of halogens is 1. The number of hydrazine groups is 1. The van der Waals surface area contributed by atoms with Crippen molar-refractivity contribution in [1.29, 1.82) is 0 Å². The molecule has 2 unspecified atom stereocenters. The van der Waals surface area contributed by atoms with E-state index in [4.69, 9.17) is 4.74 Å². The molecular weight excluding hydrogens is 408 g/mol. The van der Waals surface area contributed by atoms with Gasteiger partial charge in [-0.1, -0.05) is 46.3 Å². The fourth-order valence-corrected chi connectivity index (χ4v) is 3.83. The van der Waals surface area contributed by atoms with Gasteiger partial charge < -0.3 is 4.74 Å². The fraction of sp³-hybridized carbons (Fsp3) is 0.300. The van der Waals surface area contributed by atoms with E-state index in [0.29, 0.717) is 0 Å². The van der Waals surface area contributed by atoms with Gasteiger partial charge in [0.1, 0.15) is 5.75 Å². The molecule has 6 nitrogen and oxygen atoms in total. The third kappa shape index (κ3) is 5.15. The summed E-state index contributed by atoms with van der Waals surface area (Å²) in [5.74, 6) is 0.582. The van der Waals surface area contributed by atoms with Crippen LogP contribution in [0.2, 0.25) is 0 Å². The number of ether oxygens (including phenoxy) is 1. The van der Waals surface area contributed by atoms with E-state index in [1.54, 1.807) is 6.21 Å². The van der Waals surface area contributed by atoms with E-state index >= 15 is 0 Å². The first-order chi connectivity index (χ1) is 13.0. The first-order valence-electron chi connectivity index (χ1n) is 8.79. The molecule has 3 N–H and O–H groups in total. The lowest BCUT2D eigenvalue weighted by Crippen LogP contribution is -2.26. The van der Waals surface area contributed by atoms with Crippen LogP contribution >= 0.6 is 15.9 Å². The smallest absolute Gasteiger partial charge is 0.277 e. The van der Waals surface area contributed by atoms with Crippen LogP contribution in [0, 0.1) is 19.8 Å². The Balaban J connectivity index is 1.52. The molecule has 7 heteroatoms. The molecule has 1 fully saturated rings. The van der Waals surface area contributed by atoms with Crippen LogP contribution in [-0.4, -0.2) is 25.3 Å². The van der Waals surface area contributed by atoms with Gasteiger partial charge in [-0.05, 0) is 42.7 Å². The molecule has 0 aliphatic carbocycles. The van der Waals surface area contributed by atoms with Crippen LogP contribution in [0.25, 0.3) is 0 Å². The molecule has 1 heterocycles. The van der Waals surface area contributed by atoms with E-state index in [0.717, 1.165) is 27.9 Å². The van der Waals surface area contributed by atoms with Gasteiger partial charge in [-0.3, -0.25) is 10.2 Å². The highest BCUT2D eigenvalue weighted by atomic mass is 79.9. The molecule has 0 aromatic heterocycles. The van der Waals surface area contributed by atoms with Crippen molar-refractivity contribution in [3.8, 4) is 5.75 Å². The first kappa shape index (κ1) is 19.5. The van der Waals surface area contributed by atoms with E-state index in [9.17, 15) is 4.79 Å². The maximum atomic E-state index is 12.0. The number of aryl methyl sites for hydroxylation is 2. The van der Waals surface area contributed by atoms with Crippen molar-refractivity contribution in [2.24, 2.45) is 11.0 Å². The molecule has 2 aromatic carbocycles. The highest BCUT2D eigenvalue weighted by Crippen LogP contribution is 2.27. The Labute approximate surface area is 167 Å². The Bertz CT molecular complexity index is 803. The van der Waals surface area contributed by atoms with Crippen molar-refractivity contribution in [3.63, 3.8) is 0 Å². The fourth-order valence-electron chi connectivity index (χ4n) is 3.14. The number of carbonyl (C=O) groups is 1. The summed E-state index contributed by atoms with van der Waals surface area (Å²) in [7, 11) is 0. The van der Waals surface area contributed by atoms with Gasteiger partial charge >= 0.3 is 0 Å². The first-order valence-corrected chi connectivity index (χ1v) is 9.59. The molecule has 0 radical (unpaired) electrons. The van der Waals surface area contributed by atoms with Crippen molar-refractivity contribution in [2.45, 2.75) is 19.9 Å². The summed E-state index contributed by atoms with van der Waals surface area (Å²) >= 11 is 3.45. The molecular formula is C20H23BrN4O2. The second-order valence-electron chi connectivity index (χ2n) is 6.55. The van der Waals surface area contributed by atoms with Crippen LogP contribution in [0.1, 0.15) is 22.7 Å². The van der Waals surface area contributed by atoms with E-state index in [-0.39, 0.29) is 24.5 Å². The number of rotatable bonds is 6. The lowest BCUT2D eigenvalue weighted by molar-refractivity contribution is -0.123. The molecule has 1 saturated heterocycles. The zero-order valence-electron chi connectivity index (χ0n) is 15.3. The quantitative estimate of drug-likeness (QED) is 0.486. The number of amides is 1. The normalized spacial score (nSPS) is 19.4. The maximum Gasteiger partial charge on any atom is 0.277 e. The van der Waals surface area contributed by atoms with Crippen LogP contribution in [-0.2, 0) is 4.79 Å². The number of nitrogens with zero attached hydrogens (tertiary/aromatic N) is 1. The molecule has 1 amide bonds. The van der Waals surface area contributed by atoms with Gasteiger partial charge in [0.2, 0.25) is 0 Å². The summed E-state index contributed by atoms with van der Waals surface area (Å²) in [5.41, 5.74) is 12.1. The van der Waals surface area contributed by atoms with Gasteiger partial charge in [-0.15, -0.1) is 0 Å². The van der Waals surface area contributed by atoms with Crippen molar-refractivity contribution in [1.82, 2.24) is 16.3 Å². The van der Waals surface area contributed by atoms with Crippen molar-refractivity contribution in [2.75, 3.05) is 13.2 Å². The average Bonchev–Trinajstić information content (AvgIpc) is 3.10. The molecule has 2 aromatic rings. The second kappa shape index (κ2) is 9.12. The maximum absolute atomic E-state index is 12.0. The van der Waals surface area contributed by atoms with E-state index in [2.05, 4.69) is 49.4 Å². The molecule has 0 spiro atoms. The van der Waals surface area contributed by atoms with Gasteiger partial charge in [0, 0.05) is 23.1 Å². The minimum absolute atomic E-state index is 0.0794. The topological polar surface area (TPSA) is 74.8 Å². The Morgan fingerprint density at radius 3 is 2.70 bits per heavy atom. The summed E-state index contributed by atoms with van der Waals surface area (Å²) in [5, 5.41) is 4.11. The lowest BCUT2D eigenvalue weighted by atomic mass is 9.96. The molecule has 142 valence electrons. The van der Waals surface area contributed by atoms with Crippen molar-refractivity contribution >= 4 is 28.1 Å². The largest absolute Gasteiger partial charge is 0.483 e. The van der Waals surface area contributed by atoms with Crippen molar-refractivity contribution in [3.05, 3.63) is 63.6 Å². The Morgan fingerprint density at radius 1 is 1.30 bits per heavy atom. The second-order valence-corrected chi connectivity index (χ2v) is 7.46. The standard InChI is InChI=1S/C20H23BrN4O2/c1-13-8-17(21)9-14(2)20(13)27-12-18(26)24-22-10-16-11-23-25-19(16)15-6-4-3-5-7-15/h3-10,16,19,23,25H,11-12H2,1-2H3,(H,24,26)/b22-10+. The summed E-state index contributed by atoms with van der Waals surface area (Å²) in [4.78, 5) is 12.0. The van der Waals surface area contributed by atoms with Gasteiger partial charge in [0.05, 0.1) is 6.04 Å². The predicted octanol–water partition coefficient (Wildman–Crippen LogP) is 3.01. The highest BCUT2D eigenvalue weighted by Gasteiger charge is 2.26. The van der Waals surface area contributed by atoms with Crippen LogP contribution in [0.3, 0.4) is 0 Å². The third-order valence-corrected chi connectivity index (χ3v) is 4.87. The number of hydrazone groups is 1. The zero-order chi connectivity index (χ0) is 19.2. The Morgan fingerprint density at radius 2 is 2.00 bits per heavy atom. The summed E-state index contributed by atoms with van der Waals surface area (Å²) in [6.07, 6.45) is 1.76. The molecule has 0 bridgehead atoms. The minimum Gasteiger partial charge on any atom is -0.483 e. The number of nitrogens with one attached hydrogen (secondary N) is 3. The Hall–Kier alpha value is -2.22. The van der Waals surface area contributed by atoms with Crippen LogP contribution in [0.15, 0.2) is 52.0 Å². The monoisotopic (exact) mass is 430 g/mol. The molecule has 2 atom stereocenters. The Kier molecular flexibility index (Phi) is 6.60. The third-order valence-electron chi connectivity index (χ3n) is 4.41. The number of hydrogen-bond donors (Lipinski definition) is 3. The van der Waals surface area contributed by atoms with Gasteiger partial charge in [0.25, 0.3) is 5.91 Å². The molecule has 0 saturated carbocycles. The molecule has 1 aliphatic rings. The van der Waals surface area contributed by atoms with E-state index in [1.165, 1.54) is 5.56 Å². The number of hydrogen-bond acceptors (Lipinski definition) is 5. The van der Waals surface area contributed by atoms with E-state index in [1.807, 2.05) is 44.2 Å². The zero-order valence-corrected chi connectivity index (χ0v) is 16.9. The summed E-state index contributed by atoms with van der Waals surface area (Å²) in [6.45, 7) is 4.57. The summed E-state index contributed by atoms with van der Waals surface area (Å²) in [6, 6.07) is 14.2. The highest BCUT2D eigenvalue weighted by molar-refractivity contribution is 9.10. The number of benzene rings is 2. The molecule has 1 aliphatic heterocycles. The predicted molar refractivity (Wildman–Crippen MR) is 110 cm³/mol. The van der Waals surface area contributed by atoms with E-state index < -0.39 is 0 Å². The van der Waals surface area contributed by atoms with Gasteiger partial charge in [-0.2, -0.15) is 5.10 Å². The average molecular weight is 431 g/mol. The van der Waals surface area contributed by atoms with Gasteiger partial charge in [-0.25, -0.2) is 10.9 Å². The number of carbonyl (C=O) groups excluding carboxylic acids is 1. The molecule has 3 rings (SSSR count). The van der Waals surface area contributed by atoms with Crippen LogP contribution < -0.4 is 21.0 Å².